The minimum atomic E-state index is -3.89. The van der Waals surface area contributed by atoms with E-state index in [1.165, 1.54) is 18.2 Å². The number of primary sulfonamides is 1. The molecule has 0 atom stereocenters. The Hall–Kier alpha value is -1.37. The van der Waals surface area contributed by atoms with Crippen molar-refractivity contribution in [3.63, 3.8) is 0 Å². The molecule has 7 heteroatoms. The predicted octanol–water partition coefficient (Wildman–Crippen LogP) is 1.78. The number of benzene rings is 1. The second-order valence-corrected chi connectivity index (χ2v) is 6.78. The molecule has 2 rings (SSSR count). The minimum absolute atomic E-state index is 0.155. The van der Waals surface area contributed by atoms with Crippen molar-refractivity contribution in [1.82, 2.24) is 4.90 Å². The lowest BCUT2D eigenvalue weighted by atomic mass is 10.1. The van der Waals surface area contributed by atoms with Crippen molar-refractivity contribution in [1.29, 1.82) is 0 Å². The van der Waals surface area contributed by atoms with Crippen molar-refractivity contribution in [2.24, 2.45) is 5.14 Å². The lowest BCUT2D eigenvalue weighted by Crippen LogP contribution is -2.35. The fourth-order valence-corrected chi connectivity index (χ4v) is 3.00. The number of carbonyl (C=O) groups is 1. The Balaban J connectivity index is 2.36. The fraction of sp³-hybridized carbons (Fsp3) is 0.308. The van der Waals surface area contributed by atoms with Crippen LogP contribution in [0.25, 0.3) is 0 Å². The number of carbonyl (C=O) groups excluding carboxylic acids is 1. The molecule has 1 aromatic rings. The van der Waals surface area contributed by atoms with Crippen molar-refractivity contribution in [2.45, 2.75) is 18.2 Å². The van der Waals surface area contributed by atoms with E-state index in [9.17, 15) is 13.2 Å². The largest absolute Gasteiger partial charge is 0.334 e. The lowest BCUT2D eigenvalue weighted by molar-refractivity contribution is 0.0765. The average Bonchev–Trinajstić information content (AvgIpc) is 2.36. The first kappa shape index (κ1) is 15.0. The Labute approximate surface area is 123 Å². The number of hydrogen-bond acceptors (Lipinski definition) is 3. The number of amides is 1. The highest BCUT2D eigenvalue weighted by molar-refractivity contribution is 7.89. The van der Waals surface area contributed by atoms with Crippen LogP contribution in [0.2, 0.25) is 5.02 Å². The zero-order valence-electron chi connectivity index (χ0n) is 11.0. The molecule has 0 aliphatic carbocycles. The number of sulfonamides is 1. The third-order valence-corrected chi connectivity index (χ3v) is 4.18. The highest BCUT2D eigenvalue weighted by atomic mass is 35.5. The van der Waals surface area contributed by atoms with E-state index in [1.54, 1.807) is 4.90 Å². The van der Waals surface area contributed by atoms with E-state index in [-0.39, 0.29) is 21.4 Å². The summed E-state index contributed by atoms with van der Waals surface area (Å²) in [5.74, 6) is -0.246. The van der Waals surface area contributed by atoms with Crippen molar-refractivity contribution in [3.05, 3.63) is 40.4 Å². The van der Waals surface area contributed by atoms with Gasteiger partial charge in [0.05, 0.1) is 4.90 Å². The van der Waals surface area contributed by atoms with Gasteiger partial charge in [-0.25, -0.2) is 13.6 Å². The third kappa shape index (κ3) is 3.39. The van der Waals surface area contributed by atoms with Gasteiger partial charge in [-0.15, -0.1) is 0 Å². The molecule has 0 saturated carbocycles. The number of nitrogens with zero attached hydrogens (tertiary/aromatic N) is 1. The Bertz CT molecular complexity index is 683. The van der Waals surface area contributed by atoms with Crippen LogP contribution in [0.4, 0.5) is 0 Å². The van der Waals surface area contributed by atoms with Crippen molar-refractivity contribution in [3.8, 4) is 0 Å². The molecule has 1 aliphatic heterocycles. The molecule has 5 nitrogen and oxygen atoms in total. The number of nitrogens with two attached hydrogens (primary N) is 1. The normalized spacial score (nSPS) is 15.9. The summed E-state index contributed by atoms with van der Waals surface area (Å²) in [6.07, 6.45) is 2.87. The molecule has 0 fully saturated rings. The molecule has 0 radical (unpaired) electrons. The Kier molecular flexibility index (Phi) is 4.17. The lowest BCUT2D eigenvalue weighted by Gasteiger charge is -2.26. The number of hydrogen-bond donors (Lipinski definition) is 1. The molecule has 0 bridgehead atoms. The van der Waals surface area contributed by atoms with Crippen molar-refractivity contribution >= 4 is 27.5 Å². The first-order valence-electron chi connectivity index (χ1n) is 6.05. The van der Waals surface area contributed by atoms with Gasteiger partial charge in [0.2, 0.25) is 10.0 Å². The summed E-state index contributed by atoms with van der Waals surface area (Å²) in [6.45, 7) is 3.09. The van der Waals surface area contributed by atoms with Crippen molar-refractivity contribution in [2.75, 3.05) is 13.1 Å². The first-order valence-corrected chi connectivity index (χ1v) is 7.98. The van der Waals surface area contributed by atoms with Gasteiger partial charge in [0.15, 0.2) is 0 Å². The summed E-state index contributed by atoms with van der Waals surface area (Å²) in [5.41, 5.74) is 1.34. The van der Waals surface area contributed by atoms with Crippen LogP contribution in [0.1, 0.15) is 23.7 Å². The standard InChI is InChI=1S/C13H15ClN2O3S/c1-9-3-2-4-16(8-9)13(17)10-5-11(14)7-12(6-10)20(15,18)19/h3,5-7H,2,4,8H2,1H3,(H2,15,18,19). The summed E-state index contributed by atoms with van der Waals surface area (Å²) in [6, 6.07) is 3.94. The van der Waals surface area contributed by atoms with E-state index in [0.717, 1.165) is 12.0 Å². The zero-order valence-corrected chi connectivity index (χ0v) is 12.5. The van der Waals surface area contributed by atoms with Crippen LogP contribution >= 0.6 is 11.6 Å². The van der Waals surface area contributed by atoms with Gasteiger partial charge in [0, 0.05) is 23.7 Å². The average molecular weight is 315 g/mol. The Morgan fingerprint density at radius 1 is 1.35 bits per heavy atom. The summed E-state index contributed by atoms with van der Waals surface area (Å²) in [4.78, 5) is 13.9. The van der Waals surface area contributed by atoms with E-state index in [4.69, 9.17) is 16.7 Å². The minimum Gasteiger partial charge on any atom is -0.334 e. The topological polar surface area (TPSA) is 80.5 Å². The highest BCUT2D eigenvalue weighted by Crippen LogP contribution is 2.21. The van der Waals surface area contributed by atoms with Crippen molar-refractivity contribution < 1.29 is 13.2 Å². The van der Waals surface area contributed by atoms with Gasteiger partial charge >= 0.3 is 0 Å². The molecule has 0 unspecified atom stereocenters. The third-order valence-electron chi connectivity index (χ3n) is 3.07. The SMILES string of the molecule is CC1=CCCN(C(=O)c2cc(Cl)cc(S(N)(=O)=O)c2)C1. The molecule has 1 heterocycles. The summed E-state index contributed by atoms with van der Waals surface area (Å²) < 4.78 is 22.7. The quantitative estimate of drug-likeness (QED) is 0.845. The molecule has 1 aromatic carbocycles. The summed E-state index contributed by atoms with van der Waals surface area (Å²) in [5, 5.41) is 5.25. The molecular weight excluding hydrogens is 300 g/mol. The molecule has 0 spiro atoms. The van der Waals surface area contributed by atoms with Crippen LogP contribution in [0.3, 0.4) is 0 Å². The molecule has 20 heavy (non-hydrogen) atoms. The molecule has 0 saturated heterocycles. The molecule has 0 aromatic heterocycles. The maximum Gasteiger partial charge on any atom is 0.254 e. The van der Waals surface area contributed by atoms with Gasteiger partial charge < -0.3 is 4.90 Å². The van der Waals surface area contributed by atoms with E-state index < -0.39 is 10.0 Å². The van der Waals surface area contributed by atoms with Gasteiger partial charge in [0.1, 0.15) is 0 Å². The molecule has 1 aliphatic rings. The van der Waals surface area contributed by atoms with E-state index in [1.807, 2.05) is 6.92 Å². The van der Waals surface area contributed by atoms with Gasteiger partial charge in [-0.05, 0) is 31.5 Å². The van der Waals surface area contributed by atoms with Crippen LogP contribution < -0.4 is 5.14 Å². The van der Waals surface area contributed by atoms with Gasteiger partial charge in [-0.3, -0.25) is 4.79 Å². The fourth-order valence-electron chi connectivity index (χ4n) is 2.12. The van der Waals surface area contributed by atoms with Gasteiger partial charge in [-0.2, -0.15) is 0 Å². The van der Waals surface area contributed by atoms with Crippen LogP contribution in [0.15, 0.2) is 34.7 Å². The second kappa shape index (κ2) is 5.55. The monoisotopic (exact) mass is 314 g/mol. The van der Waals surface area contributed by atoms with Crippen LogP contribution in [0, 0.1) is 0 Å². The Morgan fingerprint density at radius 3 is 2.65 bits per heavy atom. The van der Waals surface area contributed by atoms with Crippen LogP contribution in [-0.2, 0) is 10.0 Å². The first-order chi connectivity index (χ1) is 9.27. The number of rotatable bonds is 2. The summed E-state index contributed by atoms with van der Waals surface area (Å²) in [7, 11) is -3.89. The Morgan fingerprint density at radius 2 is 2.05 bits per heavy atom. The van der Waals surface area contributed by atoms with E-state index in [2.05, 4.69) is 6.08 Å². The van der Waals surface area contributed by atoms with E-state index in [0.29, 0.717) is 13.1 Å². The molecule has 108 valence electrons. The predicted molar refractivity (Wildman–Crippen MR) is 77.1 cm³/mol. The molecule has 2 N–H and O–H groups in total. The molecule has 1 amide bonds. The van der Waals surface area contributed by atoms with Gasteiger partial charge in [0.25, 0.3) is 5.91 Å². The second-order valence-electron chi connectivity index (χ2n) is 4.79. The number of halogens is 1. The van der Waals surface area contributed by atoms with Crippen LogP contribution in [-0.4, -0.2) is 32.3 Å². The van der Waals surface area contributed by atoms with E-state index >= 15 is 0 Å². The van der Waals surface area contributed by atoms with Crippen LogP contribution in [0.5, 0.6) is 0 Å². The maximum absolute atomic E-state index is 12.4. The summed E-state index contributed by atoms with van der Waals surface area (Å²) >= 11 is 5.87. The molecular formula is C13H15ClN2O3S. The van der Waals surface area contributed by atoms with Gasteiger partial charge in [-0.1, -0.05) is 23.3 Å². The smallest absolute Gasteiger partial charge is 0.254 e. The zero-order chi connectivity index (χ0) is 14.9. The highest BCUT2D eigenvalue weighted by Gasteiger charge is 2.20. The maximum atomic E-state index is 12.4.